The first kappa shape index (κ1) is 11.6. The number of hydrogen-bond acceptors (Lipinski definition) is 3. The van der Waals surface area contributed by atoms with Gasteiger partial charge in [0, 0.05) is 11.1 Å². The standard InChI is InChI=1S/C12H15ClO3/c1-14-9-3-4-10(15-2)12-8(9)5-6-16-11(12)7-13/h3-4,11H,5-7H2,1-2H3. The second-order valence-corrected chi connectivity index (χ2v) is 3.93. The number of halogens is 1. The van der Waals surface area contributed by atoms with E-state index in [1.165, 1.54) is 0 Å². The second-order valence-electron chi connectivity index (χ2n) is 3.63. The zero-order chi connectivity index (χ0) is 11.5. The Morgan fingerprint density at radius 3 is 2.62 bits per heavy atom. The Labute approximate surface area is 100 Å². The number of rotatable bonds is 3. The molecule has 0 saturated heterocycles. The first-order valence-corrected chi connectivity index (χ1v) is 5.76. The van der Waals surface area contributed by atoms with Crippen LogP contribution in [-0.2, 0) is 11.2 Å². The molecular weight excluding hydrogens is 228 g/mol. The summed E-state index contributed by atoms with van der Waals surface area (Å²) in [6.45, 7) is 0.675. The van der Waals surface area contributed by atoms with Gasteiger partial charge in [-0.15, -0.1) is 11.6 Å². The zero-order valence-corrected chi connectivity index (χ0v) is 10.2. The van der Waals surface area contributed by atoms with E-state index in [1.807, 2.05) is 12.1 Å². The average molecular weight is 243 g/mol. The molecule has 0 bridgehead atoms. The van der Waals surface area contributed by atoms with Crippen molar-refractivity contribution in [3.8, 4) is 11.5 Å². The highest BCUT2D eigenvalue weighted by molar-refractivity contribution is 6.18. The van der Waals surface area contributed by atoms with Crippen molar-refractivity contribution in [3.63, 3.8) is 0 Å². The van der Waals surface area contributed by atoms with Gasteiger partial charge in [0.1, 0.15) is 11.5 Å². The molecule has 3 nitrogen and oxygen atoms in total. The summed E-state index contributed by atoms with van der Waals surface area (Å²) >= 11 is 5.91. The van der Waals surface area contributed by atoms with Crippen molar-refractivity contribution in [1.82, 2.24) is 0 Å². The Morgan fingerprint density at radius 1 is 1.31 bits per heavy atom. The molecule has 1 heterocycles. The topological polar surface area (TPSA) is 27.7 Å². The summed E-state index contributed by atoms with van der Waals surface area (Å²) in [7, 11) is 3.33. The first-order chi connectivity index (χ1) is 7.81. The molecule has 0 saturated carbocycles. The molecule has 4 heteroatoms. The Bertz CT molecular complexity index is 379. The average Bonchev–Trinajstić information content (AvgIpc) is 2.36. The lowest BCUT2D eigenvalue weighted by Crippen LogP contribution is -2.19. The summed E-state index contributed by atoms with van der Waals surface area (Å²) < 4.78 is 16.3. The van der Waals surface area contributed by atoms with Crippen LogP contribution < -0.4 is 9.47 Å². The number of ether oxygens (including phenoxy) is 3. The van der Waals surface area contributed by atoms with Gasteiger partial charge in [-0.05, 0) is 18.6 Å². The monoisotopic (exact) mass is 242 g/mol. The summed E-state index contributed by atoms with van der Waals surface area (Å²) in [5.74, 6) is 2.13. The Hall–Kier alpha value is -0.930. The van der Waals surface area contributed by atoms with Crippen LogP contribution in [0.1, 0.15) is 17.2 Å². The normalized spacial score (nSPS) is 19.1. The van der Waals surface area contributed by atoms with Crippen molar-refractivity contribution in [2.45, 2.75) is 12.5 Å². The third-order valence-corrected chi connectivity index (χ3v) is 3.13. The molecule has 0 radical (unpaired) electrons. The summed E-state index contributed by atoms with van der Waals surface area (Å²) in [5.41, 5.74) is 2.18. The van der Waals surface area contributed by atoms with Crippen LogP contribution in [0.5, 0.6) is 11.5 Å². The van der Waals surface area contributed by atoms with Crippen LogP contribution in [0.25, 0.3) is 0 Å². The van der Waals surface area contributed by atoms with Crippen LogP contribution in [0.4, 0.5) is 0 Å². The quantitative estimate of drug-likeness (QED) is 0.763. The molecule has 1 aromatic carbocycles. The van der Waals surface area contributed by atoms with Crippen LogP contribution in [0.15, 0.2) is 12.1 Å². The largest absolute Gasteiger partial charge is 0.496 e. The lowest BCUT2D eigenvalue weighted by atomic mass is 9.96. The summed E-state index contributed by atoms with van der Waals surface area (Å²) in [5, 5.41) is 0. The van der Waals surface area contributed by atoms with E-state index in [1.54, 1.807) is 14.2 Å². The van der Waals surface area contributed by atoms with Gasteiger partial charge in [0.15, 0.2) is 0 Å². The molecule has 2 rings (SSSR count). The maximum atomic E-state index is 5.91. The number of alkyl halides is 1. The van der Waals surface area contributed by atoms with E-state index in [9.17, 15) is 0 Å². The number of benzene rings is 1. The molecule has 88 valence electrons. The minimum absolute atomic E-state index is 0.101. The fourth-order valence-electron chi connectivity index (χ4n) is 2.11. The van der Waals surface area contributed by atoms with E-state index in [0.717, 1.165) is 29.0 Å². The summed E-state index contributed by atoms with van der Waals surface area (Å²) in [6.07, 6.45) is 0.735. The van der Waals surface area contributed by atoms with E-state index in [-0.39, 0.29) is 6.10 Å². The minimum Gasteiger partial charge on any atom is -0.496 e. The van der Waals surface area contributed by atoms with E-state index in [2.05, 4.69) is 0 Å². The van der Waals surface area contributed by atoms with Gasteiger partial charge in [-0.1, -0.05) is 0 Å². The van der Waals surface area contributed by atoms with Crippen LogP contribution >= 0.6 is 11.6 Å². The molecule has 1 unspecified atom stereocenters. The lowest BCUT2D eigenvalue weighted by Gasteiger charge is -2.27. The Morgan fingerprint density at radius 2 is 2.00 bits per heavy atom. The second kappa shape index (κ2) is 4.93. The zero-order valence-electron chi connectivity index (χ0n) is 9.46. The molecular formula is C12H15ClO3. The van der Waals surface area contributed by atoms with Gasteiger partial charge in [-0.25, -0.2) is 0 Å². The molecule has 0 N–H and O–H groups in total. The SMILES string of the molecule is COc1ccc(OC)c2c1CCOC2CCl. The smallest absolute Gasteiger partial charge is 0.125 e. The third kappa shape index (κ3) is 1.85. The first-order valence-electron chi connectivity index (χ1n) is 5.23. The van der Waals surface area contributed by atoms with Gasteiger partial charge in [-0.2, -0.15) is 0 Å². The highest BCUT2D eigenvalue weighted by Crippen LogP contribution is 2.39. The van der Waals surface area contributed by atoms with Crippen molar-refractivity contribution in [2.75, 3.05) is 26.7 Å². The predicted octanol–water partition coefficient (Wildman–Crippen LogP) is 2.56. The van der Waals surface area contributed by atoms with Gasteiger partial charge in [0.2, 0.25) is 0 Å². The van der Waals surface area contributed by atoms with E-state index >= 15 is 0 Å². The van der Waals surface area contributed by atoms with Crippen molar-refractivity contribution >= 4 is 11.6 Å². The molecule has 0 aromatic heterocycles. The lowest BCUT2D eigenvalue weighted by molar-refractivity contribution is 0.0550. The maximum Gasteiger partial charge on any atom is 0.125 e. The van der Waals surface area contributed by atoms with E-state index in [0.29, 0.717) is 12.5 Å². The van der Waals surface area contributed by atoms with Crippen molar-refractivity contribution in [1.29, 1.82) is 0 Å². The molecule has 1 aromatic rings. The molecule has 1 aliphatic rings. The van der Waals surface area contributed by atoms with Crippen molar-refractivity contribution in [3.05, 3.63) is 23.3 Å². The Kier molecular flexibility index (Phi) is 3.56. The van der Waals surface area contributed by atoms with Crippen LogP contribution in [0.3, 0.4) is 0 Å². The molecule has 0 aliphatic carbocycles. The fourth-order valence-corrected chi connectivity index (χ4v) is 2.35. The summed E-state index contributed by atoms with van der Waals surface area (Å²) in [6, 6.07) is 3.82. The molecule has 0 amide bonds. The van der Waals surface area contributed by atoms with Crippen molar-refractivity contribution < 1.29 is 14.2 Å². The molecule has 1 atom stereocenters. The highest BCUT2D eigenvalue weighted by Gasteiger charge is 2.26. The third-order valence-electron chi connectivity index (χ3n) is 2.85. The molecule has 1 aliphatic heterocycles. The highest BCUT2D eigenvalue weighted by atomic mass is 35.5. The number of hydrogen-bond donors (Lipinski definition) is 0. The van der Waals surface area contributed by atoms with Gasteiger partial charge in [0.25, 0.3) is 0 Å². The van der Waals surface area contributed by atoms with E-state index in [4.69, 9.17) is 25.8 Å². The number of methoxy groups -OCH3 is 2. The molecule has 0 fully saturated rings. The van der Waals surface area contributed by atoms with Crippen molar-refractivity contribution in [2.24, 2.45) is 0 Å². The number of fused-ring (bicyclic) bond motifs is 1. The van der Waals surface area contributed by atoms with Crippen LogP contribution in [0, 0.1) is 0 Å². The fraction of sp³-hybridized carbons (Fsp3) is 0.500. The molecule has 16 heavy (non-hydrogen) atoms. The van der Waals surface area contributed by atoms with Gasteiger partial charge >= 0.3 is 0 Å². The van der Waals surface area contributed by atoms with Gasteiger partial charge < -0.3 is 14.2 Å². The van der Waals surface area contributed by atoms with Crippen LogP contribution in [0.2, 0.25) is 0 Å². The predicted molar refractivity (Wildman–Crippen MR) is 62.7 cm³/mol. The van der Waals surface area contributed by atoms with Crippen LogP contribution in [-0.4, -0.2) is 26.7 Å². The van der Waals surface area contributed by atoms with Gasteiger partial charge in [-0.3, -0.25) is 0 Å². The maximum absolute atomic E-state index is 5.91. The Balaban J connectivity index is 2.54. The van der Waals surface area contributed by atoms with Gasteiger partial charge in [0.05, 0.1) is 32.8 Å². The van der Waals surface area contributed by atoms with E-state index < -0.39 is 0 Å². The molecule has 0 spiro atoms. The summed E-state index contributed by atoms with van der Waals surface area (Å²) in [4.78, 5) is 0. The minimum atomic E-state index is -0.101.